The minimum absolute atomic E-state index is 0. The standard InChI is InChI=1S/C20H29N5S.HI/c1-16(2)19-15-24(13-14-26-19)20(21-3)22-11-9-17-5-7-18(8-6-17)25-12-4-10-23-25;/h4-8,10,12,16,19H,9,11,13-15H2,1-3H3,(H,21,22);1H. The maximum absolute atomic E-state index is 4.50. The van der Waals surface area contributed by atoms with E-state index in [4.69, 9.17) is 0 Å². The molecule has 1 aromatic heterocycles. The van der Waals surface area contributed by atoms with E-state index in [9.17, 15) is 0 Å². The summed E-state index contributed by atoms with van der Waals surface area (Å²) in [5.74, 6) is 2.91. The molecule has 0 radical (unpaired) electrons. The Morgan fingerprint density at radius 3 is 2.74 bits per heavy atom. The van der Waals surface area contributed by atoms with Crippen molar-refractivity contribution in [3.8, 4) is 5.69 Å². The van der Waals surface area contributed by atoms with Gasteiger partial charge in [-0.2, -0.15) is 16.9 Å². The number of thioether (sulfide) groups is 1. The first-order valence-corrected chi connectivity index (χ1v) is 10.4. The van der Waals surface area contributed by atoms with E-state index in [1.165, 1.54) is 11.3 Å². The summed E-state index contributed by atoms with van der Waals surface area (Å²) in [6, 6.07) is 10.5. The molecule has 1 saturated heterocycles. The van der Waals surface area contributed by atoms with Crippen molar-refractivity contribution >= 4 is 41.7 Å². The van der Waals surface area contributed by atoms with Gasteiger partial charge in [0.25, 0.3) is 0 Å². The summed E-state index contributed by atoms with van der Waals surface area (Å²) in [6.07, 6.45) is 4.74. The highest BCUT2D eigenvalue weighted by Gasteiger charge is 2.24. The zero-order valence-corrected chi connectivity index (χ0v) is 19.5. The number of nitrogens with zero attached hydrogens (tertiary/aromatic N) is 4. The van der Waals surface area contributed by atoms with Crippen LogP contribution in [0.15, 0.2) is 47.7 Å². The molecule has 2 heterocycles. The van der Waals surface area contributed by atoms with Gasteiger partial charge in [0.05, 0.1) is 5.69 Å². The fourth-order valence-electron chi connectivity index (χ4n) is 3.16. The highest BCUT2D eigenvalue weighted by atomic mass is 127. The van der Waals surface area contributed by atoms with Crippen molar-refractivity contribution in [1.29, 1.82) is 0 Å². The Morgan fingerprint density at radius 1 is 1.33 bits per heavy atom. The lowest BCUT2D eigenvalue weighted by atomic mass is 10.1. The average molecular weight is 499 g/mol. The molecule has 0 spiro atoms. The quantitative estimate of drug-likeness (QED) is 0.388. The van der Waals surface area contributed by atoms with Gasteiger partial charge in [0.1, 0.15) is 0 Å². The number of aliphatic imine (C=N–C) groups is 1. The van der Waals surface area contributed by atoms with Crippen molar-refractivity contribution in [3.63, 3.8) is 0 Å². The van der Waals surface area contributed by atoms with Gasteiger partial charge in [-0.3, -0.25) is 4.99 Å². The molecule has 27 heavy (non-hydrogen) atoms. The first kappa shape index (κ1) is 22.1. The average Bonchev–Trinajstić information content (AvgIpc) is 3.20. The van der Waals surface area contributed by atoms with Gasteiger partial charge in [-0.05, 0) is 36.1 Å². The number of aromatic nitrogens is 2. The minimum Gasteiger partial charge on any atom is -0.356 e. The third kappa shape index (κ3) is 6.14. The topological polar surface area (TPSA) is 45.5 Å². The molecule has 1 unspecified atom stereocenters. The monoisotopic (exact) mass is 499 g/mol. The summed E-state index contributed by atoms with van der Waals surface area (Å²) in [7, 11) is 1.88. The molecule has 2 aromatic rings. The summed E-state index contributed by atoms with van der Waals surface area (Å²) in [5.41, 5.74) is 2.41. The lowest BCUT2D eigenvalue weighted by Crippen LogP contribution is -2.49. The van der Waals surface area contributed by atoms with Crippen LogP contribution in [0.1, 0.15) is 19.4 Å². The largest absolute Gasteiger partial charge is 0.356 e. The molecular formula is C20H30IN5S. The second kappa shape index (κ2) is 10.9. The van der Waals surface area contributed by atoms with Crippen LogP contribution in [0.2, 0.25) is 0 Å². The summed E-state index contributed by atoms with van der Waals surface area (Å²) >= 11 is 2.09. The Morgan fingerprint density at radius 2 is 2.11 bits per heavy atom. The predicted octanol–water partition coefficient (Wildman–Crippen LogP) is 3.68. The molecule has 1 atom stereocenters. The second-order valence-electron chi connectivity index (χ2n) is 6.94. The zero-order chi connectivity index (χ0) is 18.4. The molecular weight excluding hydrogens is 469 g/mol. The van der Waals surface area contributed by atoms with Crippen LogP contribution in [0.5, 0.6) is 0 Å². The van der Waals surface area contributed by atoms with Gasteiger partial charge in [-0.1, -0.05) is 26.0 Å². The van der Waals surface area contributed by atoms with Crippen LogP contribution in [0, 0.1) is 5.92 Å². The maximum Gasteiger partial charge on any atom is 0.193 e. The molecule has 0 amide bonds. The van der Waals surface area contributed by atoms with E-state index in [-0.39, 0.29) is 24.0 Å². The van der Waals surface area contributed by atoms with E-state index in [1.54, 1.807) is 6.20 Å². The van der Waals surface area contributed by atoms with E-state index in [0.29, 0.717) is 11.2 Å². The Kier molecular flexibility index (Phi) is 8.95. The van der Waals surface area contributed by atoms with Gasteiger partial charge < -0.3 is 10.2 Å². The van der Waals surface area contributed by atoms with Crippen LogP contribution >= 0.6 is 35.7 Å². The highest BCUT2D eigenvalue weighted by Crippen LogP contribution is 2.24. The summed E-state index contributed by atoms with van der Waals surface area (Å²) in [6.45, 7) is 7.67. The molecule has 1 aromatic carbocycles. The van der Waals surface area contributed by atoms with Crippen LogP contribution in [0.4, 0.5) is 0 Å². The third-order valence-electron chi connectivity index (χ3n) is 4.75. The Labute approximate surface area is 184 Å². The van der Waals surface area contributed by atoms with Crippen molar-refractivity contribution < 1.29 is 0 Å². The molecule has 5 nitrogen and oxygen atoms in total. The Bertz CT molecular complexity index is 700. The predicted molar refractivity (Wildman–Crippen MR) is 127 cm³/mol. The van der Waals surface area contributed by atoms with Gasteiger partial charge in [-0.15, -0.1) is 24.0 Å². The van der Waals surface area contributed by atoms with Crippen LogP contribution < -0.4 is 5.32 Å². The molecule has 3 rings (SSSR count). The molecule has 0 saturated carbocycles. The fourth-order valence-corrected chi connectivity index (χ4v) is 4.46. The third-order valence-corrected chi connectivity index (χ3v) is 6.29. The molecule has 148 valence electrons. The Hall–Kier alpha value is -1.22. The summed E-state index contributed by atoms with van der Waals surface area (Å²) < 4.78 is 1.88. The second-order valence-corrected chi connectivity index (χ2v) is 8.29. The van der Waals surface area contributed by atoms with E-state index in [0.717, 1.165) is 37.7 Å². The number of hydrogen-bond acceptors (Lipinski definition) is 3. The Balaban J connectivity index is 0.00000261. The number of benzene rings is 1. The van der Waals surface area contributed by atoms with E-state index >= 15 is 0 Å². The zero-order valence-electron chi connectivity index (χ0n) is 16.3. The number of hydrogen-bond donors (Lipinski definition) is 1. The lowest BCUT2D eigenvalue weighted by molar-refractivity contribution is 0.381. The van der Waals surface area contributed by atoms with E-state index in [2.05, 4.69) is 70.2 Å². The van der Waals surface area contributed by atoms with Gasteiger partial charge in [0.2, 0.25) is 0 Å². The summed E-state index contributed by atoms with van der Waals surface area (Å²) in [4.78, 5) is 6.90. The van der Waals surface area contributed by atoms with Gasteiger partial charge in [-0.25, -0.2) is 4.68 Å². The molecule has 0 bridgehead atoms. The molecule has 1 aliphatic heterocycles. The number of rotatable bonds is 5. The van der Waals surface area contributed by atoms with Crippen molar-refractivity contribution in [2.24, 2.45) is 10.9 Å². The molecule has 1 aliphatic rings. The van der Waals surface area contributed by atoms with Gasteiger partial charge in [0.15, 0.2) is 5.96 Å². The molecule has 0 aliphatic carbocycles. The lowest BCUT2D eigenvalue weighted by Gasteiger charge is -2.36. The SMILES string of the molecule is CN=C(NCCc1ccc(-n2cccn2)cc1)N1CCSC(C(C)C)C1.I. The first-order valence-electron chi connectivity index (χ1n) is 9.33. The normalized spacial score (nSPS) is 17.7. The van der Waals surface area contributed by atoms with Crippen LogP contribution in [0.3, 0.4) is 0 Å². The van der Waals surface area contributed by atoms with Gasteiger partial charge >= 0.3 is 0 Å². The van der Waals surface area contributed by atoms with E-state index < -0.39 is 0 Å². The summed E-state index contributed by atoms with van der Waals surface area (Å²) in [5, 5.41) is 8.49. The molecule has 1 N–H and O–H groups in total. The maximum atomic E-state index is 4.50. The van der Waals surface area contributed by atoms with Crippen molar-refractivity contribution in [2.75, 3.05) is 32.4 Å². The first-order chi connectivity index (χ1) is 12.7. The number of guanidine groups is 1. The molecule has 7 heteroatoms. The van der Waals surface area contributed by atoms with Crippen molar-refractivity contribution in [2.45, 2.75) is 25.5 Å². The van der Waals surface area contributed by atoms with Crippen molar-refractivity contribution in [1.82, 2.24) is 20.0 Å². The van der Waals surface area contributed by atoms with Crippen LogP contribution in [0.25, 0.3) is 5.69 Å². The highest BCUT2D eigenvalue weighted by molar-refractivity contribution is 14.0. The van der Waals surface area contributed by atoms with E-state index in [1.807, 2.05) is 24.0 Å². The fraction of sp³-hybridized carbons (Fsp3) is 0.500. The number of halogens is 1. The molecule has 1 fully saturated rings. The van der Waals surface area contributed by atoms with Crippen molar-refractivity contribution in [3.05, 3.63) is 48.3 Å². The van der Waals surface area contributed by atoms with Gasteiger partial charge in [0, 0.05) is 50.1 Å². The number of nitrogens with one attached hydrogen (secondary N) is 1. The van der Waals surface area contributed by atoms with Crippen LogP contribution in [-0.4, -0.2) is 58.3 Å². The smallest absolute Gasteiger partial charge is 0.193 e. The van der Waals surface area contributed by atoms with Crippen LogP contribution in [-0.2, 0) is 6.42 Å². The minimum atomic E-state index is 0.